The SMILES string of the molecule is CCn1c(C)cc([C@@H]2NCCc3cc(O)c(O)cc32)c1C. The van der Waals surface area contributed by atoms with Crippen molar-refractivity contribution in [2.75, 3.05) is 6.54 Å². The lowest BCUT2D eigenvalue weighted by Crippen LogP contribution is -2.30. The molecule has 0 spiro atoms. The lowest BCUT2D eigenvalue weighted by atomic mass is 9.89. The molecule has 0 saturated carbocycles. The summed E-state index contributed by atoms with van der Waals surface area (Å²) in [6.45, 7) is 8.24. The van der Waals surface area contributed by atoms with E-state index in [1.54, 1.807) is 12.1 Å². The van der Waals surface area contributed by atoms with Gasteiger partial charge in [-0.2, -0.15) is 0 Å². The van der Waals surface area contributed by atoms with E-state index in [-0.39, 0.29) is 17.5 Å². The molecular formula is C17H22N2O2. The number of phenols is 2. The minimum absolute atomic E-state index is 0.0339. The summed E-state index contributed by atoms with van der Waals surface area (Å²) in [5.74, 6) is -0.0832. The summed E-state index contributed by atoms with van der Waals surface area (Å²) in [4.78, 5) is 0. The third-order valence-electron chi connectivity index (χ3n) is 4.53. The number of fused-ring (bicyclic) bond motifs is 1. The number of hydrogen-bond acceptors (Lipinski definition) is 3. The van der Waals surface area contributed by atoms with Crippen LogP contribution in [0.15, 0.2) is 18.2 Å². The van der Waals surface area contributed by atoms with Crippen LogP contribution in [0.3, 0.4) is 0 Å². The standard InChI is InChI=1S/C17H22N2O2/c1-4-19-10(2)7-13(11(19)3)17-14-9-16(21)15(20)8-12(14)5-6-18-17/h7-9,17-18,20-21H,4-6H2,1-3H3/t17-/m0/s1. The van der Waals surface area contributed by atoms with Crippen molar-refractivity contribution in [1.82, 2.24) is 9.88 Å². The number of rotatable bonds is 2. The van der Waals surface area contributed by atoms with Crippen molar-refractivity contribution in [2.45, 2.75) is 39.8 Å². The molecule has 0 radical (unpaired) electrons. The molecule has 21 heavy (non-hydrogen) atoms. The summed E-state index contributed by atoms with van der Waals surface area (Å²) >= 11 is 0. The van der Waals surface area contributed by atoms with E-state index in [0.29, 0.717) is 0 Å². The Kier molecular flexibility index (Phi) is 3.41. The highest BCUT2D eigenvalue weighted by atomic mass is 16.3. The molecule has 1 atom stereocenters. The second-order valence-corrected chi connectivity index (χ2v) is 5.75. The first-order valence-corrected chi connectivity index (χ1v) is 7.47. The molecule has 0 bridgehead atoms. The van der Waals surface area contributed by atoms with E-state index in [2.05, 4.69) is 36.7 Å². The van der Waals surface area contributed by atoms with Gasteiger partial charge in [-0.25, -0.2) is 0 Å². The molecule has 112 valence electrons. The molecule has 2 heterocycles. The summed E-state index contributed by atoms with van der Waals surface area (Å²) in [5.41, 5.74) is 5.93. The van der Waals surface area contributed by atoms with E-state index >= 15 is 0 Å². The van der Waals surface area contributed by atoms with Crippen LogP contribution in [0.1, 0.15) is 41.0 Å². The zero-order valence-corrected chi connectivity index (χ0v) is 12.8. The van der Waals surface area contributed by atoms with Gasteiger partial charge in [0.25, 0.3) is 0 Å². The van der Waals surface area contributed by atoms with Crippen molar-refractivity contribution >= 4 is 0 Å². The highest BCUT2D eigenvalue weighted by molar-refractivity contribution is 5.51. The van der Waals surface area contributed by atoms with E-state index in [1.165, 1.54) is 17.0 Å². The molecule has 3 rings (SSSR count). The lowest BCUT2D eigenvalue weighted by molar-refractivity contribution is 0.400. The van der Waals surface area contributed by atoms with Crippen LogP contribution >= 0.6 is 0 Å². The summed E-state index contributed by atoms with van der Waals surface area (Å²) in [5, 5.41) is 23.1. The predicted octanol–water partition coefficient (Wildman–Crippen LogP) is 2.77. The Balaban J connectivity index is 2.12. The van der Waals surface area contributed by atoms with E-state index < -0.39 is 0 Å². The Morgan fingerprint density at radius 1 is 1.14 bits per heavy atom. The van der Waals surface area contributed by atoms with Gasteiger partial charge < -0.3 is 20.1 Å². The number of aromatic hydroxyl groups is 2. The molecule has 4 heteroatoms. The van der Waals surface area contributed by atoms with Crippen molar-refractivity contribution in [2.24, 2.45) is 0 Å². The fraction of sp³-hybridized carbons (Fsp3) is 0.412. The van der Waals surface area contributed by atoms with Crippen LogP contribution in [-0.4, -0.2) is 21.3 Å². The molecule has 0 saturated heterocycles. The molecule has 0 aliphatic carbocycles. The highest BCUT2D eigenvalue weighted by Crippen LogP contribution is 2.37. The van der Waals surface area contributed by atoms with Crippen LogP contribution in [0, 0.1) is 13.8 Å². The molecule has 1 aromatic carbocycles. The minimum Gasteiger partial charge on any atom is -0.504 e. The van der Waals surface area contributed by atoms with E-state index in [4.69, 9.17) is 0 Å². The van der Waals surface area contributed by atoms with Gasteiger partial charge in [-0.05, 0) is 62.1 Å². The molecule has 2 aromatic rings. The first kappa shape index (κ1) is 14.0. The van der Waals surface area contributed by atoms with Gasteiger partial charge in [0.15, 0.2) is 11.5 Å². The molecule has 1 aliphatic rings. The number of hydrogen-bond donors (Lipinski definition) is 3. The largest absolute Gasteiger partial charge is 0.504 e. The number of benzene rings is 1. The third-order valence-corrected chi connectivity index (χ3v) is 4.53. The average Bonchev–Trinajstić information content (AvgIpc) is 2.74. The van der Waals surface area contributed by atoms with Gasteiger partial charge >= 0.3 is 0 Å². The van der Waals surface area contributed by atoms with Gasteiger partial charge in [-0.3, -0.25) is 0 Å². The number of phenolic OH excluding ortho intramolecular Hbond substituents is 2. The Hall–Kier alpha value is -1.94. The maximum atomic E-state index is 9.83. The number of nitrogens with one attached hydrogen (secondary N) is 1. The van der Waals surface area contributed by atoms with Gasteiger partial charge in [0.2, 0.25) is 0 Å². The molecule has 1 aromatic heterocycles. The minimum atomic E-state index is -0.0493. The van der Waals surface area contributed by atoms with Gasteiger partial charge in [0, 0.05) is 24.5 Å². The lowest BCUT2D eigenvalue weighted by Gasteiger charge is -2.28. The van der Waals surface area contributed by atoms with Crippen LogP contribution < -0.4 is 5.32 Å². The predicted molar refractivity (Wildman–Crippen MR) is 82.9 cm³/mol. The third kappa shape index (κ3) is 2.20. The molecule has 3 N–H and O–H groups in total. The summed E-state index contributed by atoms with van der Waals surface area (Å²) < 4.78 is 2.30. The molecule has 1 aliphatic heterocycles. The Morgan fingerprint density at radius 3 is 2.52 bits per heavy atom. The van der Waals surface area contributed by atoms with Crippen LogP contribution in [0.25, 0.3) is 0 Å². The molecule has 4 nitrogen and oxygen atoms in total. The first-order valence-electron chi connectivity index (χ1n) is 7.47. The Labute approximate surface area is 125 Å². The highest BCUT2D eigenvalue weighted by Gasteiger charge is 2.26. The Morgan fingerprint density at radius 2 is 1.86 bits per heavy atom. The maximum Gasteiger partial charge on any atom is 0.157 e. The molecule has 0 fully saturated rings. The Bertz CT molecular complexity index is 689. The van der Waals surface area contributed by atoms with E-state index in [9.17, 15) is 10.2 Å². The van der Waals surface area contributed by atoms with Gasteiger partial charge in [0.05, 0.1) is 6.04 Å². The normalized spacial score (nSPS) is 17.8. The van der Waals surface area contributed by atoms with Crippen LogP contribution in [0.4, 0.5) is 0 Å². The van der Waals surface area contributed by atoms with Gasteiger partial charge in [0.1, 0.15) is 0 Å². The fourth-order valence-corrected chi connectivity index (χ4v) is 3.47. The van der Waals surface area contributed by atoms with Gasteiger partial charge in [-0.1, -0.05) is 0 Å². The summed E-state index contributed by atoms with van der Waals surface area (Å²) in [7, 11) is 0. The quantitative estimate of drug-likeness (QED) is 0.744. The number of aryl methyl sites for hydroxylation is 1. The molecular weight excluding hydrogens is 264 g/mol. The maximum absolute atomic E-state index is 9.83. The molecule has 0 unspecified atom stereocenters. The second kappa shape index (κ2) is 5.11. The zero-order chi connectivity index (χ0) is 15.1. The van der Waals surface area contributed by atoms with Gasteiger partial charge in [-0.15, -0.1) is 0 Å². The number of nitrogens with zero attached hydrogens (tertiary/aromatic N) is 1. The van der Waals surface area contributed by atoms with E-state index in [1.807, 2.05) is 0 Å². The van der Waals surface area contributed by atoms with Crippen molar-refractivity contribution in [3.63, 3.8) is 0 Å². The van der Waals surface area contributed by atoms with Crippen LogP contribution in [0.5, 0.6) is 11.5 Å². The van der Waals surface area contributed by atoms with Crippen LogP contribution in [0.2, 0.25) is 0 Å². The smallest absolute Gasteiger partial charge is 0.157 e. The van der Waals surface area contributed by atoms with Crippen molar-refractivity contribution in [3.8, 4) is 11.5 Å². The monoisotopic (exact) mass is 286 g/mol. The van der Waals surface area contributed by atoms with Crippen molar-refractivity contribution in [3.05, 3.63) is 46.3 Å². The first-order chi connectivity index (χ1) is 10.0. The second-order valence-electron chi connectivity index (χ2n) is 5.75. The topological polar surface area (TPSA) is 57.4 Å². The fourth-order valence-electron chi connectivity index (χ4n) is 3.47. The summed E-state index contributed by atoms with van der Waals surface area (Å²) in [6.07, 6.45) is 0.867. The van der Waals surface area contributed by atoms with Crippen LogP contribution in [-0.2, 0) is 13.0 Å². The molecule has 0 amide bonds. The number of aromatic nitrogens is 1. The van der Waals surface area contributed by atoms with Crippen molar-refractivity contribution in [1.29, 1.82) is 0 Å². The van der Waals surface area contributed by atoms with Crippen molar-refractivity contribution < 1.29 is 10.2 Å². The zero-order valence-electron chi connectivity index (χ0n) is 12.8. The summed E-state index contributed by atoms with van der Waals surface area (Å²) in [6, 6.07) is 5.68. The average molecular weight is 286 g/mol. The van der Waals surface area contributed by atoms with E-state index in [0.717, 1.165) is 30.6 Å².